The summed E-state index contributed by atoms with van der Waals surface area (Å²) in [5, 5.41) is 2.80. The van der Waals surface area contributed by atoms with Crippen molar-refractivity contribution in [3.63, 3.8) is 0 Å². The van der Waals surface area contributed by atoms with Gasteiger partial charge < -0.3 is 9.47 Å². The van der Waals surface area contributed by atoms with E-state index in [1.165, 1.54) is 13.2 Å². The monoisotopic (exact) mass is 540 g/mol. The summed E-state index contributed by atoms with van der Waals surface area (Å²) in [5.41, 5.74) is 1.43. The van der Waals surface area contributed by atoms with Crippen molar-refractivity contribution >= 4 is 57.1 Å². The average Bonchev–Trinajstić information content (AvgIpc) is 2.82. The van der Waals surface area contributed by atoms with Crippen LogP contribution in [0.2, 0.25) is 5.02 Å². The van der Waals surface area contributed by atoms with Crippen LogP contribution in [-0.2, 0) is 16.2 Å². The van der Waals surface area contributed by atoms with Crippen LogP contribution in [0.3, 0.4) is 0 Å². The topological polar surface area (TPSA) is 84.9 Å². The summed E-state index contributed by atoms with van der Waals surface area (Å²) < 4.78 is 12.0. The molecule has 4 amide bonds. The van der Waals surface area contributed by atoms with E-state index in [1.54, 1.807) is 54.6 Å². The number of methoxy groups -OCH3 is 1. The smallest absolute Gasteiger partial charge is 0.335 e. The molecule has 0 saturated carbocycles. The summed E-state index contributed by atoms with van der Waals surface area (Å²) >= 11 is 9.37. The number of amides is 4. The van der Waals surface area contributed by atoms with Crippen LogP contribution >= 0.6 is 27.5 Å². The van der Waals surface area contributed by atoms with Crippen LogP contribution in [0.5, 0.6) is 11.5 Å². The lowest BCUT2D eigenvalue weighted by atomic mass is 10.1. The second-order valence-electron chi connectivity index (χ2n) is 7.26. The Kier molecular flexibility index (Phi) is 7.00. The van der Waals surface area contributed by atoms with Crippen molar-refractivity contribution in [2.75, 3.05) is 12.0 Å². The number of halogens is 2. The van der Waals surface area contributed by atoms with E-state index in [0.717, 1.165) is 14.9 Å². The Bertz CT molecular complexity index is 1310. The summed E-state index contributed by atoms with van der Waals surface area (Å²) in [6, 6.07) is 18.0. The maximum atomic E-state index is 13.2. The number of nitrogens with zero attached hydrogens (tertiary/aromatic N) is 1. The Morgan fingerprint density at radius 3 is 2.50 bits per heavy atom. The molecule has 7 nitrogen and oxygen atoms in total. The Morgan fingerprint density at radius 2 is 1.79 bits per heavy atom. The molecule has 1 saturated heterocycles. The van der Waals surface area contributed by atoms with Gasteiger partial charge in [0.25, 0.3) is 11.8 Å². The Labute approximate surface area is 209 Å². The molecule has 0 bridgehead atoms. The lowest BCUT2D eigenvalue weighted by Gasteiger charge is -2.26. The molecule has 1 aliphatic rings. The fourth-order valence-electron chi connectivity index (χ4n) is 3.31. The molecule has 34 heavy (non-hydrogen) atoms. The molecule has 1 aliphatic heterocycles. The molecule has 0 aromatic heterocycles. The molecule has 3 aromatic carbocycles. The first-order valence-electron chi connectivity index (χ1n) is 10.1. The van der Waals surface area contributed by atoms with E-state index in [2.05, 4.69) is 21.2 Å². The van der Waals surface area contributed by atoms with Crippen LogP contribution in [0.15, 0.2) is 76.8 Å². The van der Waals surface area contributed by atoms with E-state index >= 15 is 0 Å². The first-order chi connectivity index (χ1) is 16.4. The number of hydrogen-bond acceptors (Lipinski definition) is 5. The number of urea groups is 1. The van der Waals surface area contributed by atoms with Crippen LogP contribution in [0.4, 0.5) is 10.5 Å². The highest BCUT2D eigenvalue weighted by atomic mass is 79.9. The van der Waals surface area contributed by atoms with E-state index < -0.39 is 17.8 Å². The van der Waals surface area contributed by atoms with E-state index in [1.807, 2.05) is 12.1 Å². The number of carbonyl (C=O) groups excluding carboxylic acids is 3. The zero-order valence-corrected chi connectivity index (χ0v) is 20.2. The number of hydrogen-bond donors (Lipinski definition) is 1. The molecular weight excluding hydrogens is 524 g/mol. The summed E-state index contributed by atoms with van der Waals surface area (Å²) in [4.78, 5) is 39.1. The van der Waals surface area contributed by atoms with Crippen molar-refractivity contribution in [1.29, 1.82) is 0 Å². The minimum atomic E-state index is -0.818. The summed E-state index contributed by atoms with van der Waals surface area (Å²) in [6.07, 6.45) is 1.39. The Morgan fingerprint density at radius 1 is 1.03 bits per heavy atom. The minimum absolute atomic E-state index is 0.202. The van der Waals surface area contributed by atoms with Crippen LogP contribution in [-0.4, -0.2) is 25.0 Å². The van der Waals surface area contributed by atoms with Crippen LogP contribution in [0.1, 0.15) is 11.1 Å². The molecule has 1 heterocycles. The number of nitrogens with one attached hydrogen (secondary N) is 1. The normalized spacial score (nSPS) is 14.9. The van der Waals surface area contributed by atoms with Crippen molar-refractivity contribution in [2.45, 2.75) is 6.61 Å². The highest BCUT2D eigenvalue weighted by Gasteiger charge is 2.37. The molecule has 9 heteroatoms. The second-order valence-corrected chi connectivity index (χ2v) is 8.61. The Hall–Kier alpha value is -3.62. The number of barbiturate groups is 1. The average molecular weight is 542 g/mol. The van der Waals surface area contributed by atoms with Crippen molar-refractivity contribution < 1.29 is 23.9 Å². The molecule has 0 aliphatic carbocycles. The minimum Gasteiger partial charge on any atom is -0.497 e. The van der Waals surface area contributed by atoms with Gasteiger partial charge in [0.15, 0.2) is 0 Å². The van der Waals surface area contributed by atoms with Crippen molar-refractivity contribution in [3.8, 4) is 11.5 Å². The quantitative estimate of drug-likeness (QED) is 0.336. The van der Waals surface area contributed by atoms with Gasteiger partial charge in [-0.15, -0.1) is 0 Å². The highest BCUT2D eigenvalue weighted by molar-refractivity contribution is 9.10. The lowest BCUT2D eigenvalue weighted by molar-refractivity contribution is -0.122. The zero-order chi connectivity index (χ0) is 24.2. The van der Waals surface area contributed by atoms with Gasteiger partial charge in [0, 0.05) is 21.1 Å². The third-order valence-corrected chi connectivity index (χ3v) is 5.75. The maximum absolute atomic E-state index is 13.2. The van der Waals surface area contributed by atoms with E-state index in [-0.39, 0.29) is 12.2 Å². The number of ether oxygens (including phenoxy) is 2. The first-order valence-corrected chi connectivity index (χ1v) is 11.2. The van der Waals surface area contributed by atoms with Gasteiger partial charge in [-0.25, -0.2) is 9.69 Å². The van der Waals surface area contributed by atoms with Gasteiger partial charge in [0.2, 0.25) is 0 Å². The Balaban J connectivity index is 1.68. The number of imide groups is 2. The van der Waals surface area contributed by atoms with Gasteiger partial charge in [-0.05, 0) is 60.2 Å². The van der Waals surface area contributed by atoms with Gasteiger partial charge in [0.05, 0.1) is 12.8 Å². The highest BCUT2D eigenvalue weighted by Crippen LogP contribution is 2.30. The van der Waals surface area contributed by atoms with Gasteiger partial charge in [-0.3, -0.25) is 14.9 Å². The SMILES string of the molecule is COc1ccc(/C=C2\C(=O)NC(=O)N(c3ccc(Br)cc3)C2=O)c(OCc2cccc(Cl)c2)c1. The standard InChI is InChI=1S/C25H18BrClN2O5/c1-33-20-10-5-16(22(13-20)34-14-15-3-2-4-18(27)11-15)12-21-23(30)28-25(32)29(24(21)31)19-8-6-17(26)7-9-19/h2-13H,14H2,1H3,(H,28,30,32)/b21-12+. The maximum Gasteiger partial charge on any atom is 0.335 e. The van der Waals surface area contributed by atoms with Gasteiger partial charge >= 0.3 is 6.03 Å². The molecule has 172 valence electrons. The van der Waals surface area contributed by atoms with Crippen LogP contribution in [0, 0.1) is 0 Å². The van der Waals surface area contributed by atoms with E-state index in [4.69, 9.17) is 21.1 Å². The van der Waals surface area contributed by atoms with E-state index in [9.17, 15) is 14.4 Å². The number of rotatable bonds is 6. The molecule has 3 aromatic rings. The van der Waals surface area contributed by atoms with Crippen LogP contribution < -0.4 is 19.7 Å². The second kappa shape index (κ2) is 10.1. The van der Waals surface area contributed by atoms with Crippen molar-refractivity contribution in [2.24, 2.45) is 0 Å². The fraction of sp³-hybridized carbons (Fsp3) is 0.0800. The molecular formula is C25H18BrClN2O5. The zero-order valence-electron chi connectivity index (χ0n) is 17.9. The lowest BCUT2D eigenvalue weighted by Crippen LogP contribution is -2.54. The third-order valence-electron chi connectivity index (χ3n) is 4.99. The molecule has 0 unspecified atom stereocenters. The summed E-state index contributed by atoms with van der Waals surface area (Å²) in [5.74, 6) is -0.610. The first kappa shape index (κ1) is 23.5. The fourth-order valence-corrected chi connectivity index (χ4v) is 3.79. The molecule has 4 rings (SSSR count). The predicted octanol–water partition coefficient (Wildman–Crippen LogP) is 5.36. The van der Waals surface area contributed by atoms with Gasteiger partial charge in [0.1, 0.15) is 23.7 Å². The van der Waals surface area contributed by atoms with Crippen LogP contribution in [0.25, 0.3) is 6.08 Å². The molecule has 0 radical (unpaired) electrons. The third kappa shape index (κ3) is 5.13. The number of carbonyl (C=O) groups is 3. The van der Waals surface area contributed by atoms with Crippen molar-refractivity contribution in [1.82, 2.24) is 5.32 Å². The van der Waals surface area contributed by atoms with Gasteiger partial charge in [-0.1, -0.05) is 39.7 Å². The van der Waals surface area contributed by atoms with E-state index in [0.29, 0.717) is 27.8 Å². The molecule has 0 spiro atoms. The summed E-state index contributed by atoms with van der Waals surface area (Å²) in [7, 11) is 1.52. The molecule has 0 atom stereocenters. The molecule has 1 N–H and O–H groups in total. The predicted molar refractivity (Wildman–Crippen MR) is 132 cm³/mol. The number of benzene rings is 3. The van der Waals surface area contributed by atoms with Crippen molar-refractivity contribution in [3.05, 3.63) is 92.9 Å². The largest absolute Gasteiger partial charge is 0.497 e. The number of anilines is 1. The molecule has 1 fully saturated rings. The van der Waals surface area contributed by atoms with Gasteiger partial charge in [-0.2, -0.15) is 0 Å². The summed E-state index contributed by atoms with van der Waals surface area (Å²) in [6.45, 7) is 0.202.